The van der Waals surface area contributed by atoms with Gasteiger partial charge in [0.1, 0.15) is 11.7 Å². The maximum absolute atomic E-state index is 12.9. The number of aliphatic imine (C=N–C) groups is 1. The molecule has 0 spiro atoms. The van der Waals surface area contributed by atoms with E-state index in [1.54, 1.807) is 16.8 Å². The molecule has 2 aliphatic rings. The van der Waals surface area contributed by atoms with Crippen molar-refractivity contribution < 1.29 is 9.59 Å². The summed E-state index contributed by atoms with van der Waals surface area (Å²) in [5.74, 6) is 1.99. The van der Waals surface area contributed by atoms with Gasteiger partial charge < -0.3 is 14.7 Å². The Morgan fingerprint density at radius 1 is 1.18 bits per heavy atom. The number of carbonyl (C=O) groups is 2. The molecule has 2 saturated heterocycles. The van der Waals surface area contributed by atoms with Crippen LogP contribution in [0, 0.1) is 0 Å². The molecule has 214 valence electrons. The van der Waals surface area contributed by atoms with Gasteiger partial charge in [0, 0.05) is 45.3 Å². The summed E-state index contributed by atoms with van der Waals surface area (Å²) in [4.78, 5) is 42.9. The van der Waals surface area contributed by atoms with E-state index in [1.165, 1.54) is 12.5 Å². The average Bonchev–Trinajstić information content (AvgIpc) is 2.95. The van der Waals surface area contributed by atoms with E-state index in [9.17, 15) is 9.59 Å². The molecular weight excluding hydrogens is 524 g/mol. The van der Waals surface area contributed by atoms with Crippen LogP contribution in [0.2, 0.25) is 5.02 Å². The van der Waals surface area contributed by atoms with Crippen LogP contribution in [0.3, 0.4) is 0 Å². The van der Waals surface area contributed by atoms with Crippen molar-refractivity contribution in [2.45, 2.75) is 65.0 Å². The van der Waals surface area contributed by atoms with E-state index < -0.39 is 0 Å². The number of amidine groups is 1. The second-order valence-electron chi connectivity index (χ2n) is 11.0. The van der Waals surface area contributed by atoms with Crippen LogP contribution in [-0.4, -0.2) is 78.2 Å². The molecule has 2 atom stereocenters. The van der Waals surface area contributed by atoms with Gasteiger partial charge >= 0.3 is 0 Å². The van der Waals surface area contributed by atoms with Crippen LogP contribution in [0.4, 0.5) is 17.3 Å². The molecule has 0 radical (unpaired) electrons. The van der Waals surface area contributed by atoms with Gasteiger partial charge in [0.25, 0.3) is 0 Å². The number of piperazine rings is 1. The van der Waals surface area contributed by atoms with E-state index in [2.05, 4.69) is 44.1 Å². The zero-order valence-electron chi connectivity index (χ0n) is 24.3. The largest absolute Gasteiger partial charge is 0.353 e. The predicted octanol–water partition coefficient (Wildman–Crippen LogP) is 5.63. The summed E-state index contributed by atoms with van der Waals surface area (Å²) in [6.45, 7) is 14.7. The van der Waals surface area contributed by atoms with Gasteiger partial charge in [-0.1, -0.05) is 50.2 Å². The Bertz CT molecular complexity index is 1280. The van der Waals surface area contributed by atoms with Crippen molar-refractivity contribution in [3.05, 3.63) is 59.1 Å². The number of anilines is 3. The first-order valence-electron chi connectivity index (χ1n) is 14.2. The third-order valence-corrected chi connectivity index (χ3v) is 8.28. The molecule has 0 bridgehead atoms. The fraction of sp³-hybridized carbons (Fsp3) is 0.484. The minimum atomic E-state index is -0.0793. The second kappa shape index (κ2) is 12.9. The molecule has 2 aliphatic heterocycles. The minimum absolute atomic E-state index is 0.0163. The molecule has 40 heavy (non-hydrogen) atoms. The second-order valence-corrected chi connectivity index (χ2v) is 11.4. The number of hydrogen-bond acceptors (Lipinski definition) is 5. The lowest BCUT2D eigenvalue weighted by Gasteiger charge is -2.42. The van der Waals surface area contributed by atoms with Crippen molar-refractivity contribution in [3.8, 4) is 0 Å². The molecule has 9 heteroatoms. The number of benzene rings is 1. The molecule has 0 aliphatic carbocycles. The normalized spacial score (nSPS) is 20.1. The number of pyridine rings is 1. The number of piperidine rings is 1. The number of halogens is 1. The molecule has 4 rings (SSSR count). The topological polar surface area (TPSA) is 72.4 Å². The maximum atomic E-state index is 12.9. The lowest BCUT2D eigenvalue weighted by Crippen LogP contribution is -2.55. The summed E-state index contributed by atoms with van der Waals surface area (Å²) < 4.78 is 0. The van der Waals surface area contributed by atoms with Gasteiger partial charge in [-0.3, -0.25) is 19.5 Å². The summed E-state index contributed by atoms with van der Waals surface area (Å²) in [7, 11) is 1.74. The van der Waals surface area contributed by atoms with Crippen LogP contribution in [0.15, 0.2) is 48.0 Å². The van der Waals surface area contributed by atoms with Crippen molar-refractivity contribution >= 4 is 47.1 Å². The molecule has 0 N–H and O–H groups in total. The Labute approximate surface area is 243 Å². The first-order chi connectivity index (χ1) is 19.2. The van der Waals surface area contributed by atoms with Crippen LogP contribution in [-0.2, 0) is 9.59 Å². The van der Waals surface area contributed by atoms with E-state index in [0.717, 1.165) is 37.0 Å². The molecular formula is C31H41ClN6O2. The van der Waals surface area contributed by atoms with E-state index >= 15 is 0 Å². The molecule has 1 aromatic heterocycles. The molecule has 3 heterocycles. The molecule has 2 fully saturated rings. The Balaban J connectivity index is 1.87. The van der Waals surface area contributed by atoms with Crippen LogP contribution >= 0.6 is 11.6 Å². The predicted molar refractivity (Wildman–Crippen MR) is 164 cm³/mol. The summed E-state index contributed by atoms with van der Waals surface area (Å²) >= 11 is 6.99. The van der Waals surface area contributed by atoms with Gasteiger partial charge in [0.15, 0.2) is 5.82 Å². The lowest BCUT2D eigenvalue weighted by molar-refractivity contribution is -0.128. The molecule has 0 saturated carbocycles. The minimum Gasteiger partial charge on any atom is -0.353 e. The molecule has 2 amide bonds. The molecule has 8 nitrogen and oxygen atoms in total. The molecule has 1 aromatic carbocycles. The first-order valence-corrected chi connectivity index (χ1v) is 14.5. The number of aromatic nitrogens is 1. The number of rotatable bonds is 7. The Kier molecular flexibility index (Phi) is 9.51. The Hall–Kier alpha value is -3.39. The van der Waals surface area contributed by atoms with E-state index in [4.69, 9.17) is 21.6 Å². The maximum Gasteiger partial charge on any atom is 0.246 e. The number of nitrogens with zero attached hydrogens (tertiary/aromatic N) is 6. The zero-order valence-corrected chi connectivity index (χ0v) is 25.1. The van der Waals surface area contributed by atoms with Crippen molar-refractivity contribution in [1.82, 2.24) is 14.8 Å². The van der Waals surface area contributed by atoms with Gasteiger partial charge in [-0.25, -0.2) is 4.98 Å². The fourth-order valence-electron chi connectivity index (χ4n) is 5.85. The number of para-hydroxylation sites is 1. The van der Waals surface area contributed by atoms with E-state index in [-0.39, 0.29) is 17.9 Å². The monoisotopic (exact) mass is 564 g/mol. The number of hydrogen-bond donors (Lipinski definition) is 0. The smallest absolute Gasteiger partial charge is 0.246 e. The van der Waals surface area contributed by atoms with Crippen LogP contribution < -0.4 is 9.80 Å². The van der Waals surface area contributed by atoms with Crippen LogP contribution in [0.25, 0.3) is 0 Å². The van der Waals surface area contributed by atoms with Gasteiger partial charge in [-0.05, 0) is 62.8 Å². The average molecular weight is 565 g/mol. The first kappa shape index (κ1) is 29.6. The standard InChI is InChI=1S/C31H41ClN6O2/c1-7-28(40)35-16-17-37(23(5)19-35)29(33-6)25-18-26(32)31(36-15-11-10-12-22(36)4)34-30(25)38(20-39)27-14-9-8-13-24(27)21(2)3/h7-9,13-14,18,20-23H,1,10-12,15-17,19H2,2-6H3/b33-29+. The van der Waals surface area contributed by atoms with Crippen LogP contribution in [0.5, 0.6) is 0 Å². The Morgan fingerprint density at radius 2 is 1.93 bits per heavy atom. The van der Waals surface area contributed by atoms with Gasteiger partial charge in [0.2, 0.25) is 12.3 Å². The van der Waals surface area contributed by atoms with Crippen LogP contribution in [0.1, 0.15) is 64.0 Å². The number of amides is 2. The quantitative estimate of drug-likeness (QED) is 0.189. The highest BCUT2D eigenvalue weighted by Gasteiger charge is 2.33. The lowest BCUT2D eigenvalue weighted by atomic mass is 10.00. The van der Waals surface area contributed by atoms with Crippen molar-refractivity contribution in [2.75, 3.05) is 43.0 Å². The summed E-state index contributed by atoms with van der Waals surface area (Å²) in [6.07, 6.45) is 5.50. The highest BCUT2D eigenvalue weighted by Crippen LogP contribution is 2.38. The Morgan fingerprint density at radius 3 is 2.55 bits per heavy atom. The third-order valence-electron chi connectivity index (χ3n) is 8.00. The van der Waals surface area contributed by atoms with Gasteiger partial charge in [0.05, 0.1) is 16.3 Å². The van der Waals surface area contributed by atoms with E-state index in [1.807, 2.05) is 30.3 Å². The fourth-order valence-corrected chi connectivity index (χ4v) is 6.11. The van der Waals surface area contributed by atoms with Gasteiger partial charge in [-0.2, -0.15) is 0 Å². The zero-order chi connectivity index (χ0) is 29.0. The molecule has 2 aromatic rings. The highest BCUT2D eigenvalue weighted by molar-refractivity contribution is 6.33. The van der Waals surface area contributed by atoms with Crippen molar-refractivity contribution in [3.63, 3.8) is 0 Å². The van der Waals surface area contributed by atoms with Crippen molar-refractivity contribution in [2.24, 2.45) is 4.99 Å². The highest BCUT2D eigenvalue weighted by atomic mass is 35.5. The SMILES string of the molecule is C=CC(=O)N1CCN(/C(=N/C)c2cc(Cl)c(N3CCCCC3C)nc2N(C=O)c2ccccc2C(C)C)C(C)C1. The summed E-state index contributed by atoms with van der Waals surface area (Å²) in [6, 6.07) is 10.1. The van der Waals surface area contributed by atoms with E-state index in [0.29, 0.717) is 53.7 Å². The van der Waals surface area contributed by atoms with Gasteiger partial charge in [-0.15, -0.1) is 0 Å². The molecule has 2 unspecified atom stereocenters. The van der Waals surface area contributed by atoms with Crippen molar-refractivity contribution in [1.29, 1.82) is 0 Å². The summed E-state index contributed by atoms with van der Waals surface area (Å²) in [5, 5.41) is 0.532. The third kappa shape index (κ3) is 5.87. The number of carbonyl (C=O) groups excluding carboxylic acids is 2. The summed E-state index contributed by atoms with van der Waals surface area (Å²) in [5.41, 5.74) is 2.51.